The molecule has 0 aliphatic carbocycles. The van der Waals surface area contributed by atoms with E-state index in [1.807, 2.05) is 24.3 Å². The van der Waals surface area contributed by atoms with Gasteiger partial charge in [0.15, 0.2) is 11.5 Å². The second kappa shape index (κ2) is 5.25. The van der Waals surface area contributed by atoms with Crippen LogP contribution in [0.15, 0.2) is 30.5 Å². The van der Waals surface area contributed by atoms with Gasteiger partial charge in [0.2, 0.25) is 0 Å². The lowest BCUT2D eigenvalue weighted by molar-refractivity contribution is 0.355. The summed E-state index contributed by atoms with van der Waals surface area (Å²) in [7, 11) is 3.24. The van der Waals surface area contributed by atoms with Gasteiger partial charge >= 0.3 is 0 Å². The third-order valence-corrected chi connectivity index (χ3v) is 2.42. The number of aromatic amines is 1. The number of benzene rings is 1. The molecule has 0 bridgehead atoms. The summed E-state index contributed by atoms with van der Waals surface area (Å²) < 4.78 is 10.4. The zero-order valence-electron chi connectivity index (χ0n) is 9.86. The summed E-state index contributed by atoms with van der Waals surface area (Å²) in [6, 6.07) is 7.63. The van der Waals surface area contributed by atoms with Crippen LogP contribution >= 0.6 is 0 Å². The van der Waals surface area contributed by atoms with E-state index in [9.17, 15) is 0 Å². The Hall–Kier alpha value is -2.17. The fourth-order valence-electron chi connectivity index (χ4n) is 1.53. The highest BCUT2D eigenvalue weighted by atomic mass is 16.5. The summed E-state index contributed by atoms with van der Waals surface area (Å²) in [6.45, 7) is 0.690. The van der Waals surface area contributed by atoms with Gasteiger partial charge in [-0.25, -0.2) is 0 Å². The first kappa shape index (κ1) is 11.3. The van der Waals surface area contributed by atoms with Gasteiger partial charge in [-0.2, -0.15) is 5.10 Å². The topological polar surface area (TPSA) is 59.2 Å². The Morgan fingerprint density at radius 1 is 1.18 bits per heavy atom. The summed E-state index contributed by atoms with van der Waals surface area (Å²) >= 11 is 0. The molecular formula is C12H15N3O2. The van der Waals surface area contributed by atoms with Crippen LogP contribution in [0.2, 0.25) is 0 Å². The van der Waals surface area contributed by atoms with Crippen molar-refractivity contribution in [3.63, 3.8) is 0 Å². The van der Waals surface area contributed by atoms with Crippen LogP contribution in [-0.4, -0.2) is 24.4 Å². The molecule has 5 heteroatoms. The standard InChI is InChI=1S/C12H15N3O2/c1-16-11-4-3-9(7-12(11)17-2)13-8-10-5-6-14-15-10/h3-7,13H,8H2,1-2H3,(H,14,15). The highest BCUT2D eigenvalue weighted by Crippen LogP contribution is 2.29. The molecule has 0 aliphatic heterocycles. The number of aromatic nitrogens is 2. The van der Waals surface area contributed by atoms with Crippen molar-refractivity contribution in [3.05, 3.63) is 36.2 Å². The van der Waals surface area contributed by atoms with Crippen molar-refractivity contribution in [1.29, 1.82) is 0 Å². The van der Waals surface area contributed by atoms with E-state index in [1.165, 1.54) is 0 Å². The Labute approximate surface area is 99.8 Å². The summed E-state index contributed by atoms with van der Waals surface area (Å²) in [5, 5.41) is 10.0. The lowest BCUT2D eigenvalue weighted by Crippen LogP contribution is -2.00. The van der Waals surface area contributed by atoms with E-state index in [1.54, 1.807) is 20.4 Å². The zero-order chi connectivity index (χ0) is 12.1. The molecule has 0 spiro atoms. The Balaban J connectivity index is 2.06. The van der Waals surface area contributed by atoms with Gasteiger partial charge in [-0.3, -0.25) is 5.10 Å². The fraction of sp³-hybridized carbons (Fsp3) is 0.250. The largest absolute Gasteiger partial charge is 0.493 e. The maximum absolute atomic E-state index is 5.23. The second-order valence-corrected chi connectivity index (χ2v) is 3.51. The van der Waals surface area contributed by atoms with Crippen molar-refractivity contribution in [1.82, 2.24) is 10.2 Å². The van der Waals surface area contributed by atoms with Gasteiger partial charge in [0.05, 0.1) is 26.5 Å². The molecule has 90 valence electrons. The minimum Gasteiger partial charge on any atom is -0.493 e. The van der Waals surface area contributed by atoms with Crippen molar-refractivity contribution in [2.24, 2.45) is 0 Å². The minimum absolute atomic E-state index is 0.690. The summed E-state index contributed by atoms with van der Waals surface area (Å²) in [5.74, 6) is 1.43. The van der Waals surface area contributed by atoms with Crippen LogP contribution in [-0.2, 0) is 6.54 Å². The SMILES string of the molecule is COc1ccc(NCc2ccn[nH]2)cc1OC. The average Bonchev–Trinajstić information content (AvgIpc) is 2.89. The monoisotopic (exact) mass is 233 g/mol. The van der Waals surface area contributed by atoms with Gasteiger partial charge in [0, 0.05) is 18.0 Å². The average molecular weight is 233 g/mol. The van der Waals surface area contributed by atoms with Gasteiger partial charge in [-0.15, -0.1) is 0 Å². The Morgan fingerprint density at radius 2 is 2.00 bits per heavy atom. The zero-order valence-corrected chi connectivity index (χ0v) is 9.86. The number of ether oxygens (including phenoxy) is 2. The van der Waals surface area contributed by atoms with Crippen LogP contribution in [0, 0.1) is 0 Å². The van der Waals surface area contributed by atoms with Gasteiger partial charge in [0.1, 0.15) is 0 Å². The Bertz CT molecular complexity index is 469. The van der Waals surface area contributed by atoms with E-state index in [4.69, 9.17) is 9.47 Å². The molecule has 0 atom stereocenters. The molecule has 0 saturated heterocycles. The molecule has 0 aliphatic rings. The summed E-state index contributed by atoms with van der Waals surface area (Å²) in [6.07, 6.45) is 1.73. The predicted molar refractivity (Wildman–Crippen MR) is 65.5 cm³/mol. The number of nitrogens with zero attached hydrogens (tertiary/aromatic N) is 1. The van der Waals surface area contributed by atoms with E-state index in [0.717, 1.165) is 17.1 Å². The number of H-pyrrole nitrogens is 1. The Morgan fingerprint density at radius 3 is 2.65 bits per heavy atom. The van der Waals surface area contributed by atoms with Crippen LogP contribution in [0.25, 0.3) is 0 Å². The number of nitrogens with one attached hydrogen (secondary N) is 2. The molecule has 2 aromatic rings. The first-order chi connectivity index (χ1) is 8.33. The van der Waals surface area contributed by atoms with E-state index >= 15 is 0 Å². The molecule has 0 fully saturated rings. The highest BCUT2D eigenvalue weighted by Gasteiger charge is 2.04. The first-order valence-corrected chi connectivity index (χ1v) is 5.27. The van der Waals surface area contributed by atoms with E-state index < -0.39 is 0 Å². The molecule has 17 heavy (non-hydrogen) atoms. The number of rotatable bonds is 5. The molecule has 0 saturated carbocycles. The lowest BCUT2D eigenvalue weighted by atomic mass is 10.2. The van der Waals surface area contributed by atoms with Crippen LogP contribution in [0.1, 0.15) is 5.69 Å². The van der Waals surface area contributed by atoms with Crippen LogP contribution in [0.5, 0.6) is 11.5 Å². The first-order valence-electron chi connectivity index (χ1n) is 5.27. The maximum Gasteiger partial charge on any atom is 0.162 e. The molecule has 0 radical (unpaired) electrons. The smallest absolute Gasteiger partial charge is 0.162 e. The highest BCUT2D eigenvalue weighted by molar-refractivity contribution is 5.54. The predicted octanol–water partition coefficient (Wildman–Crippen LogP) is 2.04. The van der Waals surface area contributed by atoms with Crippen LogP contribution in [0.3, 0.4) is 0 Å². The molecular weight excluding hydrogens is 218 g/mol. The van der Waals surface area contributed by atoms with Crippen molar-refractivity contribution in [2.75, 3.05) is 19.5 Å². The number of hydrogen-bond acceptors (Lipinski definition) is 4. The van der Waals surface area contributed by atoms with Gasteiger partial charge in [0.25, 0.3) is 0 Å². The number of hydrogen-bond donors (Lipinski definition) is 2. The Kier molecular flexibility index (Phi) is 3.49. The molecule has 1 aromatic heterocycles. The molecule has 2 N–H and O–H groups in total. The molecule has 1 heterocycles. The molecule has 2 rings (SSSR count). The van der Waals surface area contributed by atoms with Gasteiger partial charge in [-0.05, 0) is 18.2 Å². The van der Waals surface area contributed by atoms with Crippen molar-refractivity contribution in [2.45, 2.75) is 6.54 Å². The van der Waals surface area contributed by atoms with Crippen molar-refractivity contribution < 1.29 is 9.47 Å². The van der Waals surface area contributed by atoms with Crippen molar-refractivity contribution >= 4 is 5.69 Å². The van der Waals surface area contributed by atoms with E-state index in [-0.39, 0.29) is 0 Å². The van der Waals surface area contributed by atoms with E-state index in [2.05, 4.69) is 15.5 Å². The molecule has 0 amide bonds. The third-order valence-electron chi connectivity index (χ3n) is 2.42. The number of methoxy groups -OCH3 is 2. The van der Waals surface area contributed by atoms with Gasteiger partial charge < -0.3 is 14.8 Å². The molecule has 1 aromatic carbocycles. The third kappa shape index (κ3) is 2.69. The fourth-order valence-corrected chi connectivity index (χ4v) is 1.53. The number of anilines is 1. The lowest BCUT2D eigenvalue weighted by Gasteiger charge is -2.10. The van der Waals surface area contributed by atoms with Gasteiger partial charge in [-0.1, -0.05) is 0 Å². The summed E-state index contributed by atoms with van der Waals surface area (Å²) in [5.41, 5.74) is 2.00. The quantitative estimate of drug-likeness (QED) is 0.829. The molecule has 0 unspecified atom stereocenters. The van der Waals surface area contributed by atoms with Crippen LogP contribution in [0.4, 0.5) is 5.69 Å². The van der Waals surface area contributed by atoms with Crippen LogP contribution < -0.4 is 14.8 Å². The van der Waals surface area contributed by atoms with Crippen molar-refractivity contribution in [3.8, 4) is 11.5 Å². The minimum atomic E-state index is 0.690. The second-order valence-electron chi connectivity index (χ2n) is 3.51. The van der Waals surface area contributed by atoms with E-state index in [0.29, 0.717) is 12.3 Å². The maximum atomic E-state index is 5.23. The normalized spacial score (nSPS) is 10.0. The summed E-state index contributed by atoms with van der Waals surface area (Å²) in [4.78, 5) is 0. The molecule has 5 nitrogen and oxygen atoms in total.